The minimum absolute atomic E-state index is 0.201. The molecule has 0 spiro atoms. The van der Waals surface area contributed by atoms with Crippen LogP contribution in [-0.2, 0) is 0 Å². The molecule has 0 aliphatic heterocycles. The predicted molar refractivity (Wildman–Crippen MR) is 128 cm³/mol. The van der Waals surface area contributed by atoms with Gasteiger partial charge in [0.05, 0.1) is 17.8 Å². The van der Waals surface area contributed by atoms with Crippen LogP contribution in [0.2, 0.25) is 0 Å². The molecule has 3 saturated carbocycles. The second-order valence-electron chi connectivity index (χ2n) is 11.3. The molecule has 3 nitrogen and oxygen atoms in total. The minimum Gasteiger partial charge on any atom is -0.393 e. The summed E-state index contributed by atoms with van der Waals surface area (Å²) in [4.78, 5) is 0. The van der Waals surface area contributed by atoms with Crippen LogP contribution in [0, 0.1) is 29.1 Å². The van der Waals surface area contributed by atoms with Gasteiger partial charge >= 0.3 is 0 Å². The molecule has 3 N–H and O–H groups in total. The van der Waals surface area contributed by atoms with Gasteiger partial charge in [0.2, 0.25) is 0 Å². The lowest BCUT2D eigenvalue weighted by molar-refractivity contribution is 0.0607. The monoisotopic (exact) mass is 428 g/mol. The van der Waals surface area contributed by atoms with Gasteiger partial charge in [-0.15, -0.1) is 0 Å². The normalized spacial score (nSPS) is 40.0. The highest BCUT2D eigenvalue weighted by Gasteiger charge is 2.50. The maximum Gasteiger partial charge on any atom is 0.0822 e. The first-order valence-electron chi connectivity index (χ1n) is 12.3. The van der Waals surface area contributed by atoms with Crippen molar-refractivity contribution < 1.29 is 15.3 Å². The van der Waals surface area contributed by atoms with E-state index in [2.05, 4.69) is 52.5 Å². The van der Waals surface area contributed by atoms with E-state index in [4.69, 9.17) is 0 Å². The fraction of sp³-hybridized carbons (Fsp3) is 0.714. The Balaban J connectivity index is 1.78. The van der Waals surface area contributed by atoms with Gasteiger partial charge in [0.15, 0.2) is 0 Å². The third-order valence-electron chi connectivity index (χ3n) is 8.84. The smallest absolute Gasteiger partial charge is 0.0822 e. The van der Waals surface area contributed by atoms with Crippen LogP contribution in [0.25, 0.3) is 0 Å². The molecule has 0 aromatic heterocycles. The first-order chi connectivity index (χ1) is 14.5. The molecule has 0 heterocycles. The average Bonchev–Trinajstić information content (AvgIpc) is 3.05. The fourth-order valence-corrected chi connectivity index (χ4v) is 6.28. The lowest BCUT2D eigenvalue weighted by Gasteiger charge is -2.44. The molecule has 31 heavy (non-hydrogen) atoms. The van der Waals surface area contributed by atoms with Crippen LogP contribution >= 0.6 is 0 Å². The second kappa shape index (κ2) is 9.37. The summed E-state index contributed by atoms with van der Waals surface area (Å²) in [5, 5.41) is 30.8. The van der Waals surface area contributed by atoms with Gasteiger partial charge in [-0.25, -0.2) is 0 Å². The molecular weight excluding hydrogens is 384 g/mol. The average molecular weight is 429 g/mol. The van der Waals surface area contributed by atoms with Crippen molar-refractivity contribution in [3.8, 4) is 0 Å². The van der Waals surface area contributed by atoms with Crippen molar-refractivity contribution >= 4 is 0 Å². The molecule has 0 radical (unpaired) electrons. The van der Waals surface area contributed by atoms with Crippen LogP contribution in [0.15, 0.2) is 47.6 Å². The summed E-state index contributed by atoms with van der Waals surface area (Å²) in [5.41, 5.74) is 2.82. The summed E-state index contributed by atoms with van der Waals surface area (Å²) in [5.74, 6) is 1.87. The number of hydrogen-bond donors (Lipinski definition) is 3. The molecule has 7 atom stereocenters. The van der Waals surface area contributed by atoms with E-state index in [1.807, 2.05) is 13.0 Å². The topological polar surface area (TPSA) is 60.7 Å². The van der Waals surface area contributed by atoms with Crippen molar-refractivity contribution in [2.45, 2.75) is 97.4 Å². The molecule has 3 aliphatic rings. The molecule has 174 valence electrons. The van der Waals surface area contributed by atoms with Gasteiger partial charge in [0.1, 0.15) is 0 Å². The van der Waals surface area contributed by atoms with Gasteiger partial charge < -0.3 is 15.3 Å². The highest BCUT2D eigenvalue weighted by atomic mass is 16.3. The van der Waals surface area contributed by atoms with Gasteiger partial charge in [0, 0.05) is 6.42 Å². The minimum atomic E-state index is -0.755. The molecule has 0 saturated heterocycles. The van der Waals surface area contributed by atoms with Gasteiger partial charge in [0.25, 0.3) is 0 Å². The maximum atomic E-state index is 10.6. The van der Waals surface area contributed by atoms with E-state index in [1.165, 1.54) is 31.3 Å². The van der Waals surface area contributed by atoms with E-state index in [0.717, 1.165) is 17.6 Å². The van der Waals surface area contributed by atoms with Crippen molar-refractivity contribution in [1.29, 1.82) is 0 Å². The van der Waals surface area contributed by atoms with E-state index in [1.54, 1.807) is 0 Å². The summed E-state index contributed by atoms with van der Waals surface area (Å²) < 4.78 is 0. The van der Waals surface area contributed by atoms with Crippen LogP contribution in [0.3, 0.4) is 0 Å². The summed E-state index contributed by atoms with van der Waals surface area (Å²) in [6.45, 7) is 14.9. The standard InChI is InChI=1S/C28H44O3/c1-18(2)28(6,31)15-13-19(3)24-11-12-25-21(8-7-14-27(24,25)5)9-10-22-16-23(29)17-26(30)20(22)4/h9-10,13,15,18-19,23-26,29-31H,4,7-8,11-12,14,16-17H2,1-3,5-6H3/b15-13+,21-9-,22-10+/t19-,23+,24?,25?,26-,27?,28?/m0/s1. The largest absolute Gasteiger partial charge is 0.393 e. The number of hydrogen-bond acceptors (Lipinski definition) is 3. The molecule has 0 bridgehead atoms. The molecule has 3 aliphatic carbocycles. The summed E-state index contributed by atoms with van der Waals surface area (Å²) in [7, 11) is 0. The van der Waals surface area contributed by atoms with E-state index >= 15 is 0 Å². The van der Waals surface area contributed by atoms with Crippen molar-refractivity contribution in [1.82, 2.24) is 0 Å². The van der Waals surface area contributed by atoms with Gasteiger partial charge in [-0.05, 0) is 85.7 Å². The zero-order chi connectivity index (χ0) is 23.0. The second-order valence-corrected chi connectivity index (χ2v) is 11.3. The van der Waals surface area contributed by atoms with Gasteiger partial charge in [-0.1, -0.05) is 64.2 Å². The summed E-state index contributed by atoms with van der Waals surface area (Å²) in [6, 6.07) is 0. The highest BCUT2D eigenvalue weighted by molar-refractivity contribution is 5.38. The molecule has 4 unspecified atom stereocenters. The third kappa shape index (κ3) is 5.10. The third-order valence-corrected chi connectivity index (χ3v) is 8.84. The Morgan fingerprint density at radius 1 is 1.16 bits per heavy atom. The molecule has 3 rings (SSSR count). The van der Waals surface area contributed by atoms with Crippen LogP contribution in [0.1, 0.15) is 79.6 Å². The van der Waals surface area contributed by atoms with Crippen molar-refractivity contribution in [2.24, 2.45) is 29.1 Å². The van der Waals surface area contributed by atoms with E-state index in [-0.39, 0.29) is 5.92 Å². The van der Waals surface area contributed by atoms with E-state index in [9.17, 15) is 15.3 Å². The number of rotatable bonds is 5. The number of aliphatic hydroxyl groups is 3. The maximum absolute atomic E-state index is 10.6. The lowest BCUT2D eigenvalue weighted by Crippen LogP contribution is -2.36. The number of fused-ring (bicyclic) bond motifs is 1. The van der Waals surface area contributed by atoms with Crippen LogP contribution < -0.4 is 0 Å². The first kappa shape index (κ1) is 24.5. The Labute approximate surface area is 189 Å². The van der Waals surface area contributed by atoms with Gasteiger partial charge in [-0.2, -0.15) is 0 Å². The zero-order valence-corrected chi connectivity index (χ0v) is 20.3. The zero-order valence-electron chi connectivity index (χ0n) is 20.3. The van der Waals surface area contributed by atoms with Crippen molar-refractivity contribution in [2.75, 3.05) is 0 Å². The van der Waals surface area contributed by atoms with Crippen molar-refractivity contribution in [3.63, 3.8) is 0 Å². The van der Waals surface area contributed by atoms with Crippen LogP contribution in [0.5, 0.6) is 0 Å². The molecule has 0 aromatic carbocycles. The Bertz CT molecular complexity index is 756. The van der Waals surface area contributed by atoms with E-state index < -0.39 is 17.8 Å². The Hall–Kier alpha value is -1.16. The predicted octanol–water partition coefficient (Wildman–Crippen LogP) is 5.73. The number of aliphatic hydroxyl groups excluding tert-OH is 2. The Morgan fingerprint density at radius 3 is 2.55 bits per heavy atom. The van der Waals surface area contributed by atoms with Gasteiger partial charge in [-0.3, -0.25) is 0 Å². The SMILES string of the molecule is C=C1/C(=C/C=C2/CCCC3(C)C2CCC3[C@@H](C)/C=C/C(C)(O)C(C)C)C[C@@H](O)C[C@@H]1O. The Kier molecular flexibility index (Phi) is 7.40. The molecule has 0 amide bonds. The first-order valence-corrected chi connectivity index (χ1v) is 12.3. The summed E-state index contributed by atoms with van der Waals surface area (Å²) >= 11 is 0. The molecular formula is C28H44O3. The van der Waals surface area contributed by atoms with Crippen LogP contribution in [0.4, 0.5) is 0 Å². The number of allylic oxidation sites excluding steroid dienone is 4. The van der Waals surface area contributed by atoms with Crippen LogP contribution in [-0.4, -0.2) is 33.1 Å². The summed E-state index contributed by atoms with van der Waals surface area (Å²) in [6.07, 6.45) is 14.6. The lowest BCUT2D eigenvalue weighted by atomic mass is 9.61. The molecule has 0 aromatic rings. The molecule has 3 fully saturated rings. The van der Waals surface area contributed by atoms with E-state index in [0.29, 0.717) is 36.0 Å². The Morgan fingerprint density at radius 2 is 1.87 bits per heavy atom. The quantitative estimate of drug-likeness (QED) is 0.490. The fourth-order valence-electron chi connectivity index (χ4n) is 6.28. The molecule has 3 heteroatoms. The van der Waals surface area contributed by atoms with Crippen molar-refractivity contribution in [3.05, 3.63) is 47.6 Å². The highest BCUT2D eigenvalue weighted by Crippen LogP contribution is 2.59.